The van der Waals surface area contributed by atoms with Crippen molar-refractivity contribution in [2.45, 2.75) is 18.7 Å². The largest absolute Gasteiger partial charge is 0.425 e. The molecule has 0 aliphatic heterocycles. The lowest BCUT2D eigenvalue weighted by molar-refractivity contribution is -0.385. The van der Waals surface area contributed by atoms with Gasteiger partial charge < -0.3 is 4.74 Å². The molecule has 0 aromatic heterocycles. The highest BCUT2D eigenvalue weighted by Gasteiger charge is 2.30. The van der Waals surface area contributed by atoms with Gasteiger partial charge in [-0.05, 0) is 24.3 Å². The van der Waals surface area contributed by atoms with Crippen LogP contribution >= 0.6 is 11.6 Å². The van der Waals surface area contributed by atoms with Crippen molar-refractivity contribution in [1.82, 2.24) is 0 Å². The molecule has 9 nitrogen and oxygen atoms in total. The first kappa shape index (κ1) is 20.3. The van der Waals surface area contributed by atoms with Crippen LogP contribution in [-0.4, -0.2) is 25.2 Å². The number of ether oxygens (including phenoxy) is 1. The summed E-state index contributed by atoms with van der Waals surface area (Å²) in [7, 11) is -4.45. The Balaban J connectivity index is 2.56. The molecule has 0 aliphatic rings. The Hall–Kier alpha value is -2.98. The summed E-state index contributed by atoms with van der Waals surface area (Å²) in [6.45, 7) is 2.18. The summed E-state index contributed by atoms with van der Waals surface area (Å²) in [4.78, 5) is 32.8. The van der Waals surface area contributed by atoms with Crippen LogP contribution in [0, 0.1) is 10.1 Å². The van der Waals surface area contributed by atoms with Crippen LogP contribution in [0.1, 0.15) is 13.8 Å². The van der Waals surface area contributed by atoms with Gasteiger partial charge in [0.2, 0.25) is 5.91 Å². The van der Waals surface area contributed by atoms with Gasteiger partial charge in [-0.3, -0.25) is 19.7 Å². The Labute approximate surface area is 159 Å². The highest BCUT2D eigenvalue weighted by Crippen LogP contribution is 2.33. The number of nitrogens with zero attached hydrogens (tertiary/aromatic N) is 2. The maximum atomic E-state index is 12.9. The number of esters is 1. The first-order valence-corrected chi connectivity index (χ1v) is 9.14. The highest BCUT2D eigenvalue weighted by atomic mass is 35.5. The molecule has 2 aromatic rings. The lowest BCUT2D eigenvalue weighted by Crippen LogP contribution is -2.35. The second-order valence-corrected chi connectivity index (χ2v) is 7.45. The number of carbonyl (C=O) groups excluding carboxylic acids is 2. The first-order chi connectivity index (χ1) is 12.5. The minimum Gasteiger partial charge on any atom is -0.425 e. The molecule has 0 fully saturated rings. The summed E-state index contributed by atoms with van der Waals surface area (Å²) < 4.78 is 31.1. The number of non-ortho nitro benzene ring substituents is 1. The molecule has 2 aromatic carbocycles. The number of hydrogen-bond donors (Lipinski definition) is 0. The number of rotatable bonds is 5. The normalized spacial score (nSPS) is 10.9. The fourth-order valence-corrected chi connectivity index (χ4v) is 3.88. The number of anilines is 1. The number of sulfonamides is 1. The van der Waals surface area contributed by atoms with Gasteiger partial charge in [0.25, 0.3) is 15.7 Å². The van der Waals surface area contributed by atoms with Gasteiger partial charge in [-0.15, -0.1) is 0 Å². The third kappa shape index (κ3) is 4.41. The lowest BCUT2D eigenvalue weighted by Gasteiger charge is -2.21. The van der Waals surface area contributed by atoms with Gasteiger partial charge in [0.15, 0.2) is 0 Å². The van der Waals surface area contributed by atoms with Gasteiger partial charge in [0.1, 0.15) is 5.75 Å². The molecule has 0 atom stereocenters. The van der Waals surface area contributed by atoms with Gasteiger partial charge in [0.05, 0.1) is 20.5 Å². The van der Waals surface area contributed by atoms with Crippen molar-refractivity contribution >= 4 is 44.9 Å². The predicted octanol–water partition coefficient (Wildman–Crippen LogP) is 2.92. The SMILES string of the molecule is CC(=O)Oc1ccc(N(C(C)=O)S(=O)(=O)c2cccc([N+](=O)[O-])c2)cc1Cl. The molecule has 27 heavy (non-hydrogen) atoms. The lowest BCUT2D eigenvalue weighted by atomic mass is 10.3. The van der Waals surface area contributed by atoms with E-state index < -0.39 is 37.4 Å². The molecule has 0 unspecified atom stereocenters. The van der Waals surface area contributed by atoms with E-state index in [1.807, 2.05) is 0 Å². The number of benzene rings is 2. The van der Waals surface area contributed by atoms with Crippen LogP contribution in [0.5, 0.6) is 5.75 Å². The first-order valence-electron chi connectivity index (χ1n) is 7.32. The average molecular weight is 413 g/mol. The van der Waals surface area contributed by atoms with Gasteiger partial charge in [-0.25, -0.2) is 12.7 Å². The number of amides is 1. The predicted molar refractivity (Wildman–Crippen MR) is 96.2 cm³/mol. The van der Waals surface area contributed by atoms with Crippen molar-refractivity contribution in [1.29, 1.82) is 0 Å². The zero-order valence-electron chi connectivity index (χ0n) is 14.1. The van der Waals surface area contributed by atoms with E-state index in [1.165, 1.54) is 25.1 Å². The molecule has 11 heteroatoms. The average Bonchev–Trinajstić information content (AvgIpc) is 2.56. The zero-order valence-corrected chi connectivity index (χ0v) is 15.7. The summed E-state index contributed by atoms with van der Waals surface area (Å²) in [6.07, 6.45) is 0. The number of carbonyl (C=O) groups is 2. The maximum Gasteiger partial charge on any atom is 0.308 e. The van der Waals surface area contributed by atoms with E-state index in [9.17, 15) is 28.1 Å². The maximum absolute atomic E-state index is 12.9. The number of hydrogen-bond acceptors (Lipinski definition) is 7. The van der Waals surface area contributed by atoms with Crippen molar-refractivity contribution in [3.8, 4) is 5.75 Å². The topological polar surface area (TPSA) is 124 Å². The summed E-state index contributed by atoms with van der Waals surface area (Å²) >= 11 is 5.99. The van der Waals surface area contributed by atoms with Crippen LogP contribution in [-0.2, 0) is 19.6 Å². The standard InChI is InChI=1S/C16H13ClN2O7S/c1-10(20)18(12-6-7-16(15(17)9-12)26-11(2)21)27(24,25)14-5-3-4-13(8-14)19(22)23/h3-9H,1-2H3. The summed E-state index contributed by atoms with van der Waals surface area (Å²) in [5.41, 5.74) is -0.558. The molecule has 1 amide bonds. The molecule has 0 spiro atoms. The second kappa shape index (κ2) is 7.72. The van der Waals surface area contributed by atoms with Crippen LogP contribution < -0.4 is 9.04 Å². The number of nitro benzene ring substituents is 1. The van der Waals surface area contributed by atoms with Gasteiger partial charge in [0, 0.05) is 26.0 Å². The van der Waals surface area contributed by atoms with Gasteiger partial charge >= 0.3 is 5.97 Å². The molecule has 0 heterocycles. The Morgan fingerprint density at radius 2 is 1.81 bits per heavy atom. The Morgan fingerprint density at radius 3 is 2.33 bits per heavy atom. The molecule has 0 saturated heterocycles. The molecule has 2 rings (SSSR count). The van der Waals surface area contributed by atoms with Crippen LogP contribution in [0.15, 0.2) is 47.4 Å². The molecular formula is C16H13ClN2O7S. The minimum atomic E-state index is -4.45. The highest BCUT2D eigenvalue weighted by molar-refractivity contribution is 7.93. The molecule has 142 valence electrons. The van der Waals surface area contributed by atoms with Crippen molar-refractivity contribution < 1.29 is 27.7 Å². The molecule has 0 aliphatic carbocycles. The van der Waals surface area contributed by atoms with E-state index >= 15 is 0 Å². The van der Waals surface area contributed by atoms with E-state index in [-0.39, 0.29) is 16.5 Å². The van der Waals surface area contributed by atoms with Crippen LogP contribution in [0.4, 0.5) is 11.4 Å². The van der Waals surface area contributed by atoms with Crippen molar-refractivity contribution in [2.75, 3.05) is 4.31 Å². The minimum absolute atomic E-state index is 0.0100. The Kier molecular flexibility index (Phi) is 5.82. The fourth-order valence-electron chi connectivity index (χ4n) is 2.21. The molecule has 0 N–H and O–H groups in total. The molecule has 0 saturated carbocycles. The van der Waals surface area contributed by atoms with Gasteiger partial charge in [-0.2, -0.15) is 0 Å². The molecule has 0 bridgehead atoms. The van der Waals surface area contributed by atoms with E-state index in [4.69, 9.17) is 16.3 Å². The molecular weight excluding hydrogens is 400 g/mol. The Morgan fingerprint density at radius 1 is 1.15 bits per heavy atom. The summed E-state index contributed by atoms with van der Waals surface area (Å²) in [5.74, 6) is -1.50. The monoisotopic (exact) mass is 412 g/mol. The van der Waals surface area contributed by atoms with Crippen molar-refractivity contribution in [3.63, 3.8) is 0 Å². The van der Waals surface area contributed by atoms with E-state index in [0.717, 1.165) is 31.2 Å². The van der Waals surface area contributed by atoms with E-state index in [2.05, 4.69) is 0 Å². The second-order valence-electron chi connectivity index (χ2n) is 5.25. The van der Waals surface area contributed by atoms with Crippen molar-refractivity contribution in [2.24, 2.45) is 0 Å². The van der Waals surface area contributed by atoms with Crippen LogP contribution in [0.25, 0.3) is 0 Å². The summed E-state index contributed by atoms with van der Waals surface area (Å²) in [6, 6.07) is 7.89. The third-order valence-electron chi connectivity index (χ3n) is 3.26. The van der Waals surface area contributed by atoms with Crippen LogP contribution in [0.3, 0.4) is 0 Å². The number of halogens is 1. The van der Waals surface area contributed by atoms with Crippen LogP contribution in [0.2, 0.25) is 5.02 Å². The number of nitro groups is 1. The van der Waals surface area contributed by atoms with E-state index in [1.54, 1.807) is 0 Å². The fraction of sp³-hybridized carbons (Fsp3) is 0.125. The quantitative estimate of drug-likeness (QED) is 0.320. The van der Waals surface area contributed by atoms with Gasteiger partial charge in [-0.1, -0.05) is 17.7 Å². The summed E-state index contributed by atoms with van der Waals surface area (Å²) in [5, 5.41) is 10.8. The zero-order chi connectivity index (χ0) is 20.4. The van der Waals surface area contributed by atoms with E-state index in [0.29, 0.717) is 4.31 Å². The van der Waals surface area contributed by atoms with Crippen molar-refractivity contribution in [3.05, 3.63) is 57.6 Å². The molecule has 0 radical (unpaired) electrons. The third-order valence-corrected chi connectivity index (χ3v) is 5.35. The smallest absolute Gasteiger partial charge is 0.308 e. The Bertz CT molecular complexity index is 1040.